The largest absolute Gasteiger partial charge is 0.488 e. The molecule has 10 heteroatoms. The van der Waals surface area contributed by atoms with Gasteiger partial charge in [0.15, 0.2) is 0 Å². The van der Waals surface area contributed by atoms with E-state index in [0.717, 1.165) is 33.4 Å². The van der Waals surface area contributed by atoms with Gasteiger partial charge >= 0.3 is 7.12 Å². The predicted molar refractivity (Wildman–Crippen MR) is 129 cm³/mol. The fraction of sp³-hybridized carbons (Fsp3) is 0.208. The molecule has 2 aromatic carbocycles. The molecule has 1 aliphatic rings. The lowest BCUT2D eigenvalue weighted by Crippen LogP contribution is -2.30. The maximum Gasteiger partial charge on any atom is 0.488 e. The highest BCUT2D eigenvalue weighted by Crippen LogP contribution is 2.29. The molecule has 4 aromatic rings. The number of primary amides is 1. The lowest BCUT2D eigenvalue weighted by Gasteiger charge is -2.21. The lowest BCUT2D eigenvalue weighted by molar-refractivity contribution is 0.100. The van der Waals surface area contributed by atoms with Crippen molar-refractivity contribution in [3.8, 4) is 5.95 Å². The molecule has 5 rings (SSSR count). The van der Waals surface area contributed by atoms with Crippen LogP contribution in [0.5, 0.6) is 0 Å². The smallest absolute Gasteiger partial charge is 0.423 e. The molecule has 1 amide bonds. The molecule has 2 aromatic heterocycles. The van der Waals surface area contributed by atoms with E-state index in [1.165, 1.54) is 0 Å². The molecule has 0 aliphatic carbocycles. The van der Waals surface area contributed by atoms with Crippen LogP contribution < -0.4 is 16.5 Å². The fourth-order valence-corrected chi connectivity index (χ4v) is 4.38. The van der Waals surface area contributed by atoms with Gasteiger partial charge in [-0.25, -0.2) is 4.98 Å². The standard InChI is InChI=1S/C24H24BN5O4/c1-14-10-19-17(22(26)31)6-3-7-21(19)30(14)24-28-20-13-34-9-8-18(20)23(29-24)27-12-15-4-2-5-16(11-15)25(32)33/h2-7,10-11,32-33H,8-9,12-13H2,1H3,(H2,26,31)(H,27,28,29). The van der Waals surface area contributed by atoms with E-state index in [9.17, 15) is 14.8 Å². The van der Waals surface area contributed by atoms with Crippen LogP contribution in [0.2, 0.25) is 0 Å². The zero-order valence-electron chi connectivity index (χ0n) is 18.7. The molecule has 0 radical (unpaired) electrons. The first-order valence-electron chi connectivity index (χ1n) is 11.0. The second kappa shape index (κ2) is 8.90. The molecule has 9 nitrogen and oxygen atoms in total. The van der Waals surface area contributed by atoms with Crippen molar-refractivity contribution in [3.05, 3.63) is 76.6 Å². The molecule has 0 saturated carbocycles. The first-order chi connectivity index (χ1) is 16.4. The molecular formula is C24H24BN5O4. The van der Waals surface area contributed by atoms with Crippen molar-refractivity contribution < 1.29 is 19.6 Å². The number of rotatable bonds is 6. The number of benzene rings is 2. The van der Waals surface area contributed by atoms with Crippen LogP contribution >= 0.6 is 0 Å². The van der Waals surface area contributed by atoms with E-state index in [1.807, 2.05) is 29.7 Å². The average Bonchev–Trinajstić information content (AvgIpc) is 3.18. The van der Waals surface area contributed by atoms with Crippen molar-refractivity contribution in [1.82, 2.24) is 14.5 Å². The Kier molecular flexibility index (Phi) is 5.78. The summed E-state index contributed by atoms with van der Waals surface area (Å²) < 4.78 is 7.56. The van der Waals surface area contributed by atoms with Gasteiger partial charge in [-0.1, -0.05) is 30.3 Å². The Labute approximate surface area is 196 Å². The molecule has 34 heavy (non-hydrogen) atoms. The SMILES string of the molecule is Cc1cc2c(C(N)=O)cccc2n1-c1nc2c(c(NCc3cccc(B(O)O)c3)n1)CCOC2. The molecule has 0 fully saturated rings. The van der Waals surface area contributed by atoms with Gasteiger partial charge < -0.3 is 25.8 Å². The number of nitrogens with zero attached hydrogens (tertiary/aromatic N) is 3. The van der Waals surface area contributed by atoms with Crippen LogP contribution in [-0.2, 0) is 24.3 Å². The van der Waals surface area contributed by atoms with Crippen LogP contribution in [0, 0.1) is 6.92 Å². The summed E-state index contributed by atoms with van der Waals surface area (Å²) in [5.74, 6) is 0.686. The summed E-state index contributed by atoms with van der Waals surface area (Å²) in [6, 6.07) is 14.4. The van der Waals surface area contributed by atoms with Gasteiger partial charge in [-0.05, 0) is 36.1 Å². The van der Waals surface area contributed by atoms with Gasteiger partial charge in [-0.2, -0.15) is 4.98 Å². The van der Waals surface area contributed by atoms with Crippen LogP contribution in [0.25, 0.3) is 16.9 Å². The molecule has 0 spiro atoms. The Balaban J connectivity index is 1.57. The van der Waals surface area contributed by atoms with Gasteiger partial charge in [0.25, 0.3) is 0 Å². The number of ether oxygens (including phenoxy) is 1. The van der Waals surface area contributed by atoms with Gasteiger partial charge in [0.2, 0.25) is 11.9 Å². The Bertz CT molecular complexity index is 1400. The average molecular weight is 457 g/mol. The van der Waals surface area contributed by atoms with Gasteiger partial charge in [-0.15, -0.1) is 0 Å². The third-order valence-corrected chi connectivity index (χ3v) is 6.02. The molecule has 172 valence electrons. The number of fused-ring (bicyclic) bond motifs is 2. The number of nitrogens with two attached hydrogens (primary N) is 1. The maximum atomic E-state index is 11.9. The second-order valence-electron chi connectivity index (χ2n) is 8.30. The lowest BCUT2D eigenvalue weighted by atomic mass is 9.79. The normalized spacial score (nSPS) is 13.0. The topological polar surface area (TPSA) is 136 Å². The Morgan fingerprint density at radius 1 is 1.21 bits per heavy atom. The Morgan fingerprint density at radius 3 is 2.82 bits per heavy atom. The number of amides is 1. The minimum Gasteiger partial charge on any atom is -0.423 e. The summed E-state index contributed by atoms with van der Waals surface area (Å²) >= 11 is 0. The number of aryl methyl sites for hydroxylation is 1. The number of carbonyl (C=O) groups excluding carboxylic acids is 1. The summed E-state index contributed by atoms with van der Waals surface area (Å²) in [6.07, 6.45) is 0.685. The molecule has 0 atom stereocenters. The second-order valence-corrected chi connectivity index (χ2v) is 8.30. The number of aromatic nitrogens is 3. The molecule has 0 bridgehead atoms. The van der Waals surface area contributed by atoms with Crippen molar-refractivity contribution in [1.29, 1.82) is 0 Å². The van der Waals surface area contributed by atoms with E-state index >= 15 is 0 Å². The minimum atomic E-state index is -1.52. The van der Waals surface area contributed by atoms with E-state index in [4.69, 9.17) is 20.4 Å². The number of anilines is 1. The number of carbonyl (C=O) groups is 1. The quantitative estimate of drug-likeness (QED) is 0.320. The highest BCUT2D eigenvalue weighted by atomic mass is 16.5. The van der Waals surface area contributed by atoms with E-state index in [-0.39, 0.29) is 0 Å². The predicted octanol–water partition coefficient (Wildman–Crippen LogP) is 1.19. The van der Waals surface area contributed by atoms with Crippen molar-refractivity contribution in [2.24, 2.45) is 5.73 Å². The van der Waals surface area contributed by atoms with Crippen LogP contribution in [0.3, 0.4) is 0 Å². The van der Waals surface area contributed by atoms with Gasteiger partial charge in [0.1, 0.15) is 5.82 Å². The number of nitrogens with one attached hydrogen (secondary N) is 1. The van der Waals surface area contributed by atoms with Gasteiger partial charge in [0.05, 0.1) is 24.4 Å². The van der Waals surface area contributed by atoms with Crippen molar-refractivity contribution in [2.45, 2.75) is 26.5 Å². The number of hydrogen-bond donors (Lipinski definition) is 4. The summed E-state index contributed by atoms with van der Waals surface area (Å²) in [5.41, 5.74) is 10.8. The van der Waals surface area contributed by atoms with Crippen LogP contribution in [0.1, 0.15) is 32.9 Å². The fourth-order valence-electron chi connectivity index (χ4n) is 4.38. The molecule has 3 heterocycles. The Hall–Kier alpha value is -3.73. The minimum absolute atomic E-state index is 0.385. The number of hydrogen-bond acceptors (Lipinski definition) is 7. The highest BCUT2D eigenvalue weighted by Gasteiger charge is 2.21. The van der Waals surface area contributed by atoms with Crippen LogP contribution in [-0.4, -0.2) is 44.2 Å². The third-order valence-electron chi connectivity index (χ3n) is 6.02. The van der Waals surface area contributed by atoms with E-state index < -0.39 is 13.0 Å². The third kappa shape index (κ3) is 4.03. The maximum absolute atomic E-state index is 11.9. The zero-order chi connectivity index (χ0) is 23.8. The van der Waals surface area contributed by atoms with E-state index in [2.05, 4.69) is 5.32 Å². The van der Waals surface area contributed by atoms with Crippen LogP contribution in [0.4, 0.5) is 5.82 Å². The molecular weight excluding hydrogens is 433 g/mol. The van der Waals surface area contributed by atoms with E-state index in [0.29, 0.717) is 49.0 Å². The van der Waals surface area contributed by atoms with Crippen LogP contribution in [0.15, 0.2) is 48.5 Å². The van der Waals surface area contributed by atoms with Gasteiger partial charge in [0, 0.05) is 35.2 Å². The summed E-state index contributed by atoms with van der Waals surface area (Å²) in [5, 5.41) is 23.1. The Morgan fingerprint density at radius 2 is 2.03 bits per heavy atom. The van der Waals surface area contributed by atoms with Gasteiger partial charge in [-0.3, -0.25) is 9.36 Å². The summed E-state index contributed by atoms with van der Waals surface area (Å²) in [7, 11) is -1.52. The highest BCUT2D eigenvalue weighted by molar-refractivity contribution is 6.58. The molecule has 0 unspecified atom stereocenters. The zero-order valence-corrected chi connectivity index (χ0v) is 18.7. The summed E-state index contributed by atoms with van der Waals surface area (Å²) in [4.78, 5) is 21.6. The monoisotopic (exact) mass is 457 g/mol. The molecule has 0 saturated heterocycles. The van der Waals surface area contributed by atoms with Crippen molar-refractivity contribution in [3.63, 3.8) is 0 Å². The molecule has 1 aliphatic heterocycles. The first kappa shape index (κ1) is 22.1. The molecule has 5 N–H and O–H groups in total. The first-order valence-corrected chi connectivity index (χ1v) is 11.0. The summed E-state index contributed by atoms with van der Waals surface area (Å²) in [6.45, 7) is 3.35. The van der Waals surface area contributed by atoms with Crippen molar-refractivity contribution in [2.75, 3.05) is 11.9 Å². The van der Waals surface area contributed by atoms with Crippen molar-refractivity contribution >= 4 is 35.2 Å². The van der Waals surface area contributed by atoms with E-state index in [1.54, 1.807) is 30.3 Å².